The molecule has 2 aromatic carbocycles. The molecule has 1 aromatic heterocycles. The SMILES string of the molecule is CCOc1cccc2sc(N(CCN(CC)CC)C(=O)c3ccc4c(c3)CCCC4)nc12.Cl. The van der Waals surface area contributed by atoms with Gasteiger partial charge in [0, 0.05) is 18.7 Å². The van der Waals surface area contributed by atoms with Gasteiger partial charge in [-0.2, -0.15) is 0 Å². The molecule has 5 nitrogen and oxygen atoms in total. The van der Waals surface area contributed by atoms with Crippen LogP contribution in [0, 0.1) is 0 Å². The molecule has 0 N–H and O–H groups in total. The van der Waals surface area contributed by atoms with E-state index >= 15 is 0 Å². The predicted octanol–water partition coefficient (Wildman–Crippen LogP) is 5.98. The molecule has 0 saturated heterocycles. The van der Waals surface area contributed by atoms with E-state index < -0.39 is 0 Å². The number of ether oxygens (including phenoxy) is 1. The maximum atomic E-state index is 13.8. The molecule has 0 spiro atoms. The fourth-order valence-electron chi connectivity index (χ4n) is 4.39. The third-order valence-corrected chi connectivity index (χ3v) is 7.32. The van der Waals surface area contributed by atoms with E-state index in [1.54, 1.807) is 11.3 Å². The molecular formula is C26H34ClN3O2S. The molecule has 0 fully saturated rings. The van der Waals surface area contributed by atoms with E-state index in [-0.39, 0.29) is 18.3 Å². The summed E-state index contributed by atoms with van der Waals surface area (Å²) in [6.45, 7) is 10.2. The summed E-state index contributed by atoms with van der Waals surface area (Å²) in [6.07, 6.45) is 4.63. The number of halogens is 1. The highest BCUT2D eigenvalue weighted by molar-refractivity contribution is 7.22. The first-order valence-corrected chi connectivity index (χ1v) is 12.6. The molecule has 0 atom stereocenters. The number of rotatable bonds is 9. The Morgan fingerprint density at radius 3 is 2.52 bits per heavy atom. The van der Waals surface area contributed by atoms with Gasteiger partial charge in [0.25, 0.3) is 5.91 Å². The van der Waals surface area contributed by atoms with Gasteiger partial charge < -0.3 is 9.64 Å². The maximum Gasteiger partial charge on any atom is 0.260 e. The van der Waals surface area contributed by atoms with Crippen molar-refractivity contribution in [1.82, 2.24) is 9.88 Å². The van der Waals surface area contributed by atoms with Gasteiger partial charge >= 0.3 is 0 Å². The Labute approximate surface area is 207 Å². The first-order valence-electron chi connectivity index (χ1n) is 11.8. The number of hydrogen-bond donors (Lipinski definition) is 0. The second kappa shape index (κ2) is 11.8. The Bertz CT molecular complexity index is 1080. The van der Waals surface area contributed by atoms with Crippen LogP contribution < -0.4 is 9.64 Å². The van der Waals surface area contributed by atoms with Gasteiger partial charge in [0.15, 0.2) is 5.13 Å². The Balaban J connectivity index is 0.00000306. The lowest BCUT2D eigenvalue weighted by atomic mass is 9.90. The molecule has 0 saturated carbocycles. The van der Waals surface area contributed by atoms with Crippen molar-refractivity contribution in [3.05, 3.63) is 53.1 Å². The van der Waals surface area contributed by atoms with Crippen LogP contribution in [-0.4, -0.2) is 48.6 Å². The molecule has 0 aliphatic heterocycles. The van der Waals surface area contributed by atoms with Crippen LogP contribution in [0.1, 0.15) is 55.1 Å². The summed E-state index contributed by atoms with van der Waals surface area (Å²) >= 11 is 1.56. The molecule has 0 unspecified atom stereocenters. The van der Waals surface area contributed by atoms with E-state index in [1.165, 1.54) is 24.0 Å². The summed E-state index contributed by atoms with van der Waals surface area (Å²) in [4.78, 5) is 22.8. The van der Waals surface area contributed by atoms with Crippen LogP contribution in [0.4, 0.5) is 5.13 Å². The van der Waals surface area contributed by atoms with Gasteiger partial charge in [0.05, 0.1) is 11.3 Å². The van der Waals surface area contributed by atoms with E-state index in [2.05, 4.69) is 30.9 Å². The molecule has 1 amide bonds. The molecule has 1 heterocycles. The first kappa shape index (κ1) is 25.5. The van der Waals surface area contributed by atoms with Gasteiger partial charge in [-0.15, -0.1) is 12.4 Å². The standard InChI is InChI=1S/C26H33N3O2S.ClH/c1-4-28(5-2)16-17-29(25(30)21-15-14-19-10-7-8-11-20(19)18-21)26-27-24-22(31-6-3)12-9-13-23(24)32-26;/h9,12-15,18H,4-8,10-11,16-17H2,1-3H3;1H. The minimum atomic E-state index is 0. The molecule has 7 heteroatoms. The lowest BCUT2D eigenvalue weighted by molar-refractivity contribution is 0.0983. The van der Waals surface area contributed by atoms with Crippen LogP contribution in [-0.2, 0) is 12.8 Å². The monoisotopic (exact) mass is 487 g/mol. The van der Waals surface area contributed by atoms with E-state index in [0.29, 0.717) is 13.2 Å². The van der Waals surface area contributed by atoms with Crippen molar-refractivity contribution in [3.8, 4) is 5.75 Å². The molecule has 1 aliphatic rings. The van der Waals surface area contributed by atoms with Crippen molar-refractivity contribution in [2.75, 3.05) is 37.7 Å². The molecule has 4 rings (SSSR count). The van der Waals surface area contributed by atoms with Crippen molar-refractivity contribution in [1.29, 1.82) is 0 Å². The second-order valence-electron chi connectivity index (χ2n) is 8.21. The average Bonchev–Trinajstić information content (AvgIpc) is 3.26. The number of nitrogens with zero attached hydrogens (tertiary/aromatic N) is 3. The summed E-state index contributed by atoms with van der Waals surface area (Å²) in [6, 6.07) is 12.2. The van der Waals surface area contributed by atoms with Gasteiger partial charge in [0.2, 0.25) is 0 Å². The normalized spacial score (nSPS) is 13.0. The highest BCUT2D eigenvalue weighted by Gasteiger charge is 2.24. The van der Waals surface area contributed by atoms with Crippen LogP contribution in [0.25, 0.3) is 10.2 Å². The maximum absolute atomic E-state index is 13.8. The minimum Gasteiger partial charge on any atom is -0.492 e. The zero-order valence-electron chi connectivity index (χ0n) is 19.8. The van der Waals surface area contributed by atoms with Gasteiger partial charge in [-0.05, 0) is 81.1 Å². The number of anilines is 1. The fourth-order valence-corrected chi connectivity index (χ4v) is 5.39. The zero-order chi connectivity index (χ0) is 22.5. The highest BCUT2D eigenvalue weighted by Crippen LogP contribution is 2.35. The number of fused-ring (bicyclic) bond motifs is 2. The predicted molar refractivity (Wildman–Crippen MR) is 141 cm³/mol. The lowest BCUT2D eigenvalue weighted by Gasteiger charge is -2.25. The number of likely N-dealkylation sites (N-methyl/N-ethyl adjacent to an activating group) is 1. The highest BCUT2D eigenvalue weighted by atomic mass is 35.5. The van der Waals surface area contributed by atoms with Crippen molar-refractivity contribution in [3.63, 3.8) is 0 Å². The fraction of sp³-hybridized carbons (Fsp3) is 0.462. The average molecular weight is 488 g/mol. The number of hydrogen-bond acceptors (Lipinski definition) is 5. The molecule has 0 bridgehead atoms. The van der Waals surface area contributed by atoms with Crippen molar-refractivity contribution in [2.45, 2.75) is 46.5 Å². The van der Waals surface area contributed by atoms with Crippen LogP contribution in [0.2, 0.25) is 0 Å². The summed E-state index contributed by atoms with van der Waals surface area (Å²) in [5.41, 5.74) is 4.31. The lowest BCUT2D eigenvalue weighted by Crippen LogP contribution is -2.39. The summed E-state index contributed by atoms with van der Waals surface area (Å²) in [5.74, 6) is 0.806. The molecule has 1 aliphatic carbocycles. The summed E-state index contributed by atoms with van der Waals surface area (Å²) in [5, 5.41) is 0.738. The smallest absolute Gasteiger partial charge is 0.260 e. The second-order valence-corrected chi connectivity index (χ2v) is 9.22. The number of carbonyl (C=O) groups excluding carboxylic acids is 1. The van der Waals surface area contributed by atoms with Gasteiger partial charge in [-0.1, -0.05) is 37.3 Å². The van der Waals surface area contributed by atoms with Gasteiger partial charge in [-0.25, -0.2) is 4.98 Å². The van der Waals surface area contributed by atoms with Crippen LogP contribution in [0.3, 0.4) is 0 Å². The van der Waals surface area contributed by atoms with E-state index in [4.69, 9.17) is 9.72 Å². The van der Waals surface area contributed by atoms with E-state index in [1.807, 2.05) is 36.1 Å². The number of benzene rings is 2. The van der Waals surface area contributed by atoms with Crippen LogP contribution in [0.5, 0.6) is 5.75 Å². The number of carbonyl (C=O) groups is 1. The third kappa shape index (κ3) is 5.68. The quantitative estimate of drug-likeness (QED) is 0.372. The third-order valence-electron chi connectivity index (χ3n) is 6.28. The molecular weight excluding hydrogens is 454 g/mol. The van der Waals surface area contributed by atoms with Crippen molar-refractivity contribution >= 4 is 45.0 Å². The van der Waals surface area contributed by atoms with Crippen LogP contribution >= 0.6 is 23.7 Å². The summed E-state index contributed by atoms with van der Waals surface area (Å²) in [7, 11) is 0. The molecule has 178 valence electrons. The molecule has 33 heavy (non-hydrogen) atoms. The molecule has 0 radical (unpaired) electrons. The minimum absolute atomic E-state index is 0. The van der Waals surface area contributed by atoms with Gasteiger partial charge in [0.1, 0.15) is 11.3 Å². The number of aromatic nitrogens is 1. The van der Waals surface area contributed by atoms with Crippen LogP contribution in [0.15, 0.2) is 36.4 Å². The first-order chi connectivity index (χ1) is 15.6. The molecule has 3 aromatic rings. The Kier molecular flexibility index (Phi) is 9.12. The van der Waals surface area contributed by atoms with E-state index in [9.17, 15) is 4.79 Å². The largest absolute Gasteiger partial charge is 0.492 e. The van der Waals surface area contributed by atoms with Crippen molar-refractivity contribution in [2.24, 2.45) is 0 Å². The topological polar surface area (TPSA) is 45.7 Å². The Morgan fingerprint density at radius 2 is 1.79 bits per heavy atom. The number of thiazole rings is 1. The van der Waals surface area contributed by atoms with Crippen molar-refractivity contribution < 1.29 is 9.53 Å². The van der Waals surface area contributed by atoms with E-state index in [0.717, 1.165) is 59.1 Å². The number of aryl methyl sites for hydroxylation is 2. The number of amides is 1. The number of para-hydroxylation sites is 1. The zero-order valence-corrected chi connectivity index (χ0v) is 21.4. The summed E-state index contributed by atoms with van der Waals surface area (Å²) < 4.78 is 6.82. The Morgan fingerprint density at radius 1 is 1.03 bits per heavy atom. The Hall–Kier alpha value is -2.15. The van der Waals surface area contributed by atoms with Gasteiger partial charge in [-0.3, -0.25) is 9.69 Å².